The first-order valence-electron chi connectivity index (χ1n) is 7.73. The molecule has 3 rings (SSSR count). The van der Waals surface area contributed by atoms with Crippen molar-refractivity contribution in [3.63, 3.8) is 0 Å². The molecule has 0 unspecified atom stereocenters. The van der Waals surface area contributed by atoms with Crippen LogP contribution in [0.1, 0.15) is 16.7 Å². The monoisotopic (exact) mass is 323 g/mol. The van der Waals surface area contributed by atoms with Gasteiger partial charge in [-0.15, -0.1) is 5.10 Å². The van der Waals surface area contributed by atoms with Gasteiger partial charge in [-0.2, -0.15) is 0 Å². The summed E-state index contributed by atoms with van der Waals surface area (Å²) in [5, 5.41) is 6.01. The van der Waals surface area contributed by atoms with Crippen molar-refractivity contribution in [2.75, 3.05) is 12.1 Å². The second-order valence-electron chi connectivity index (χ2n) is 5.76. The van der Waals surface area contributed by atoms with Crippen molar-refractivity contribution in [2.24, 2.45) is 5.84 Å². The van der Waals surface area contributed by atoms with Crippen molar-refractivity contribution in [3.8, 4) is 11.7 Å². The molecule has 0 aliphatic heterocycles. The fourth-order valence-electron chi connectivity index (χ4n) is 2.46. The average Bonchev–Trinajstić information content (AvgIpc) is 3.03. The fourth-order valence-corrected chi connectivity index (χ4v) is 2.46. The van der Waals surface area contributed by atoms with Gasteiger partial charge in [0.25, 0.3) is 0 Å². The van der Waals surface area contributed by atoms with E-state index < -0.39 is 0 Å². The van der Waals surface area contributed by atoms with Crippen molar-refractivity contribution in [1.29, 1.82) is 0 Å². The van der Waals surface area contributed by atoms with E-state index in [1.54, 1.807) is 9.69 Å². The Morgan fingerprint density at radius 3 is 2.71 bits per heavy atom. The summed E-state index contributed by atoms with van der Waals surface area (Å²) in [6.07, 6.45) is 3.65. The van der Waals surface area contributed by atoms with Gasteiger partial charge in [0.15, 0.2) is 5.82 Å². The molecule has 0 saturated carbocycles. The second-order valence-corrected chi connectivity index (χ2v) is 5.76. The third kappa shape index (κ3) is 3.38. The van der Waals surface area contributed by atoms with E-state index in [4.69, 9.17) is 10.6 Å². The Kier molecular flexibility index (Phi) is 4.48. The van der Waals surface area contributed by atoms with Crippen LogP contribution in [0.15, 0.2) is 48.8 Å². The van der Waals surface area contributed by atoms with E-state index in [0.717, 1.165) is 28.2 Å². The number of hydrogen-bond donors (Lipinski definition) is 1. The third-order valence-corrected chi connectivity index (χ3v) is 3.82. The summed E-state index contributed by atoms with van der Waals surface area (Å²) in [6.45, 7) is 4.45. The average molecular weight is 323 g/mol. The van der Waals surface area contributed by atoms with Gasteiger partial charge >= 0.3 is 0 Å². The fraction of sp³-hybridized carbons (Fsp3) is 0.222. The Balaban J connectivity index is 1.76. The molecule has 2 aromatic heterocycles. The molecule has 24 heavy (non-hydrogen) atoms. The van der Waals surface area contributed by atoms with Crippen LogP contribution in [0.4, 0.5) is 5.69 Å². The smallest absolute Gasteiger partial charge is 0.233 e. The molecule has 0 bridgehead atoms. The minimum absolute atomic E-state index is 0.405. The minimum atomic E-state index is 0.405. The molecule has 0 saturated heterocycles. The van der Waals surface area contributed by atoms with Crippen LogP contribution in [-0.2, 0) is 6.61 Å². The van der Waals surface area contributed by atoms with Gasteiger partial charge in [0.1, 0.15) is 6.61 Å². The number of hydrazine groups is 1. The number of hydrogen-bond acceptors (Lipinski definition) is 5. The number of pyridine rings is 1. The molecule has 124 valence electrons. The molecular formula is C18H21N5O. The summed E-state index contributed by atoms with van der Waals surface area (Å²) >= 11 is 0. The molecule has 6 heteroatoms. The lowest BCUT2D eigenvalue weighted by atomic mass is 10.1. The Labute approximate surface area is 141 Å². The van der Waals surface area contributed by atoms with Crippen LogP contribution in [0.5, 0.6) is 5.88 Å². The number of benzene rings is 1. The highest BCUT2D eigenvalue weighted by atomic mass is 16.5. The molecule has 3 aromatic rings. The molecule has 0 atom stereocenters. The Bertz CT molecular complexity index is 824. The molecule has 6 nitrogen and oxygen atoms in total. The van der Waals surface area contributed by atoms with E-state index in [1.807, 2.05) is 69.7 Å². The van der Waals surface area contributed by atoms with Gasteiger partial charge in [-0.05, 0) is 37.1 Å². The standard InChI is InChI=1S/C18H21N5O/c1-13-7-8-17(20-11-13)23-10-9-18(21-23)24-12-15-14(2)5-4-6-16(15)22(3)19/h4-11H,12,19H2,1-3H3. The lowest BCUT2D eigenvalue weighted by molar-refractivity contribution is 0.291. The minimum Gasteiger partial charge on any atom is -0.472 e. The lowest BCUT2D eigenvalue weighted by Gasteiger charge is -2.18. The third-order valence-electron chi connectivity index (χ3n) is 3.82. The van der Waals surface area contributed by atoms with Gasteiger partial charge in [-0.3, -0.25) is 0 Å². The molecule has 0 fully saturated rings. The van der Waals surface area contributed by atoms with Gasteiger partial charge in [-0.1, -0.05) is 18.2 Å². The normalized spacial score (nSPS) is 10.7. The molecule has 2 N–H and O–H groups in total. The van der Waals surface area contributed by atoms with Gasteiger partial charge in [-0.25, -0.2) is 15.5 Å². The molecule has 1 aromatic carbocycles. The van der Waals surface area contributed by atoms with E-state index in [2.05, 4.69) is 10.1 Å². The lowest BCUT2D eigenvalue weighted by Crippen LogP contribution is -2.26. The predicted molar refractivity (Wildman–Crippen MR) is 94.2 cm³/mol. The summed E-state index contributed by atoms with van der Waals surface area (Å²) < 4.78 is 7.54. The Morgan fingerprint density at radius 2 is 2.00 bits per heavy atom. The number of nitrogens with two attached hydrogens (primary N) is 1. The van der Waals surface area contributed by atoms with Crippen molar-refractivity contribution in [1.82, 2.24) is 14.8 Å². The molecule has 0 aliphatic carbocycles. The van der Waals surface area contributed by atoms with Crippen LogP contribution in [-0.4, -0.2) is 21.8 Å². The van der Waals surface area contributed by atoms with E-state index in [-0.39, 0.29) is 0 Å². The second kappa shape index (κ2) is 6.72. The number of rotatable bonds is 5. The van der Waals surface area contributed by atoms with Gasteiger partial charge < -0.3 is 9.75 Å². The van der Waals surface area contributed by atoms with E-state index in [9.17, 15) is 0 Å². The topological polar surface area (TPSA) is 69.2 Å². The summed E-state index contributed by atoms with van der Waals surface area (Å²) in [5.74, 6) is 7.20. The number of aryl methyl sites for hydroxylation is 2. The van der Waals surface area contributed by atoms with Crippen molar-refractivity contribution < 1.29 is 4.74 Å². The van der Waals surface area contributed by atoms with E-state index in [0.29, 0.717) is 12.5 Å². The van der Waals surface area contributed by atoms with Crippen molar-refractivity contribution >= 4 is 5.69 Å². The molecule has 0 aliphatic rings. The highest BCUT2D eigenvalue weighted by Crippen LogP contribution is 2.23. The van der Waals surface area contributed by atoms with Crippen LogP contribution in [0, 0.1) is 13.8 Å². The van der Waals surface area contributed by atoms with E-state index >= 15 is 0 Å². The quantitative estimate of drug-likeness (QED) is 0.577. The number of nitrogens with zero attached hydrogens (tertiary/aromatic N) is 4. The first-order chi connectivity index (χ1) is 11.5. The SMILES string of the molecule is Cc1ccc(-n2ccc(OCc3c(C)cccc3N(C)N)n2)nc1. The Morgan fingerprint density at radius 1 is 1.17 bits per heavy atom. The zero-order chi connectivity index (χ0) is 17.1. The number of ether oxygens (including phenoxy) is 1. The molecule has 0 amide bonds. The summed E-state index contributed by atoms with van der Waals surface area (Å²) in [6, 6.07) is 11.7. The maximum absolute atomic E-state index is 5.89. The van der Waals surface area contributed by atoms with E-state index in [1.165, 1.54) is 0 Å². The van der Waals surface area contributed by atoms with Crippen LogP contribution in [0.3, 0.4) is 0 Å². The van der Waals surface area contributed by atoms with Crippen LogP contribution in [0.25, 0.3) is 5.82 Å². The predicted octanol–water partition coefficient (Wildman–Crippen LogP) is 2.77. The molecular weight excluding hydrogens is 302 g/mol. The van der Waals surface area contributed by atoms with Crippen LogP contribution < -0.4 is 15.6 Å². The first-order valence-corrected chi connectivity index (χ1v) is 7.73. The van der Waals surface area contributed by atoms with Crippen molar-refractivity contribution in [2.45, 2.75) is 20.5 Å². The summed E-state index contributed by atoms with van der Waals surface area (Å²) in [5.41, 5.74) is 4.23. The summed E-state index contributed by atoms with van der Waals surface area (Å²) in [4.78, 5) is 4.35. The largest absolute Gasteiger partial charge is 0.472 e. The highest BCUT2D eigenvalue weighted by Gasteiger charge is 2.10. The van der Waals surface area contributed by atoms with Crippen LogP contribution in [0.2, 0.25) is 0 Å². The number of aromatic nitrogens is 3. The summed E-state index contributed by atoms with van der Waals surface area (Å²) in [7, 11) is 1.82. The molecule has 2 heterocycles. The zero-order valence-corrected chi connectivity index (χ0v) is 14.1. The van der Waals surface area contributed by atoms with Gasteiger partial charge in [0, 0.05) is 31.1 Å². The molecule has 0 radical (unpaired) electrons. The first kappa shape index (κ1) is 16.0. The maximum atomic E-state index is 5.89. The Hall–Kier alpha value is -2.86. The van der Waals surface area contributed by atoms with Gasteiger partial charge in [0.2, 0.25) is 5.88 Å². The number of anilines is 1. The highest BCUT2D eigenvalue weighted by molar-refractivity contribution is 5.55. The zero-order valence-electron chi connectivity index (χ0n) is 14.1. The van der Waals surface area contributed by atoms with Crippen LogP contribution >= 0.6 is 0 Å². The molecule has 0 spiro atoms. The maximum Gasteiger partial charge on any atom is 0.233 e. The van der Waals surface area contributed by atoms with Gasteiger partial charge in [0.05, 0.1) is 5.69 Å². The van der Waals surface area contributed by atoms with Crippen molar-refractivity contribution in [3.05, 3.63) is 65.5 Å².